The summed E-state index contributed by atoms with van der Waals surface area (Å²) in [6.07, 6.45) is -0.148. The molecule has 0 heterocycles. The number of rotatable bonds is 4. The monoisotopic (exact) mass is 289 g/mol. The largest absolute Gasteiger partial charge is 0.505 e. The maximum atomic E-state index is 13.1. The van der Waals surface area contributed by atoms with Gasteiger partial charge < -0.3 is 15.5 Å². The van der Waals surface area contributed by atoms with Crippen LogP contribution in [0.1, 0.15) is 15.9 Å². The molecule has 0 aromatic heterocycles. The van der Waals surface area contributed by atoms with Crippen molar-refractivity contribution in [3.05, 3.63) is 59.4 Å². The predicted octanol–water partition coefficient (Wildman–Crippen LogP) is 2.41. The summed E-state index contributed by atoms with van der Waals surface area (Å²) in [5, 5.41) is 20.5. The maximum Gasteiger partial charge on any atom is 0.335 e. The van der Waals surface area contributed by atoms with E-state index < -0.39 is 23.4 Å². The third-order valence-electron chi connectivity index (χ3n) is 2.83. The number of anilines is 1. The van der Waals surface area contributed by atoms with Gasteiger partial charge in [-0.15, -0.1) is 0 Å². The molecule has 0 saturated heterocycles. The van der Waals surface area contributed by atoms with E-state index in [-0.39, 0.29) is 17.7 Å². The molecule has 2 aromatic rings. The standard InChI is InChI=1S/C15H12FNO4/c16-12-8-10(5-6-13(12)18)17-14(19)7-9-3-1-2-4-11(9)15(20)21/h1-6,8,18H,7H2,(H,17,19)(H,20,21). The van der Waals surface area contributed by atoms with Crippen molar-refractivity contribution in [2.45, 2.75) is 6.42 Å². The zero-order valence-electron chi connectivity index (χ0n) is 10.8. The average molecular weight is 289 g/mol. The molecule has 0 fully saturated rings. The van der Waals surface area contributed by atoms with Gasteiger partial charge in [-0.1, -0.05) is 18.2 Å². The number of amides is 1. The van der Waals surface area contributed by atoms with Gasteiger partial charge in [-0.2, -0.15) is 0 Å². The van der Waals surface area contributed by atoms with Crippen molar-refractivity contribution in [2.24, 2.45) is 0 Å². The van der Waals surface area contributed by atoms with Crippen LogP contribution in [0.15, 0.2) is 42.5 Å². The molecular weight excluding hydrogens is 277 g/mol. The highest BCUT2D eigenvalue weighted by Gasteiger charge is 2.13. The minimum Gasteiger partial charge on any atom is -0.505 e. The van der Waals surface area contributed by atoms with Crippen LogP contribution in [0.3, 0.4) is 0 Å². The minimum absolute atomic E-state index is 0.0459. The second-order valence-electron chi connectivity index (χ2n) is 4.35. The van der Waals surface area contributed by atoms with Gasteiger partial charge in [0.15, 0.2) is 11.6 Å². The highest BCUT2D eigenvalue weighted by Crippen LogP contribution is 2.19. The fraction of sp³-hybridized carbons (Fsp3) is 0.0667. The lowest BCUT2D eigenvalue weighted by molar-refractivity contribution is -0.115. The average Bonchev–Trinajstić information content (AvgIpc) is 2.43. The highest BCUT2D eigenvalue weighted by atomic mass is 19.1. The van der Waals surface area contributed by atoms with Crippen molar-refractivity contribution < 1.29 is 24.2 Å². The summed E-state index contributed by atoms with van der Waals surface area (Å²) in [6, 6.07) is 9.60. The first-order chi connectivity index (χ1) is 9.97. The summed E-state index contributed by atoms with van der Waals surface area (Å²) in [5.41, 5.74) is 0.592. The number of hydrogen-bond acceptors (Lipinski definition) is 3. The van der Waals surface area contributed by atoms with E-state index in [0.717, 1.165) is 12.1 Å². The van der Waals surface area contributed by atoms with Crippen LogP contribution in [0.25, 0.3) is 0 Å². The number of carboxylic acids is 1. The molecule has 0 aliphatic heterocycles. The van der Waals surface area contributed by atoms with Gasteiger partial charge >= 0.3 is 5.97 Å². The second kappa shape index (κ2) is 6.04. The Kier molecular flexibility index (Phi) is 4.18. The van der Waals surface area contributed by atoms with Gasteiger partial charge in [0.05, 0.1) is 12.0 Å². The number of halogens is 1. The van der Waals surface area contributed by atoms with Crippen LogP contribution in [-0.2, 0) is 11.2 Å². The Morgan fingerprint density at radius 3 is 2.52 bits per heavy atom. The number of aromatic hydroxyl groups is 1. The lowest BCUT2D eigenvalue weighted by Gasteiger charge is -2.08. The van der Waals surface area contributed by atoms with Crippen LogP contribution < -0.4 is 5.32 Å². The molecule has 2 rings (SSSR count). The van der Waals surface area contributed by atoms with E-state index in [9.17, 15) is 14.0 Å². The molecule has 6 heteroatoms. The molecule has 1 amide bonds. The van der Waals surface area contributed by atoms with E-state index in [1.807, 2.05) is 0 Å². The maximum absolute atomic E-state index is 13.1. The van der Waals surface area contributed by atoms with E-state index in [4.69, 9.17) is 10.2 Å². The van der Waals surface area contributed by atoms with Gasteiger partial charge in [-0.3, -0.25) is 4.79 Å². The van der Waals surface area contributed by atoms with Crippen LogP contribution >= 0.6 is 0 Å². The Balaban J connectivity index is 2.12. The molecule has 5 nitrogen and oxygen atoms in total. The summed E-state index contributed by atoms with van der Waals surface area (Å²) in [7, 11) is 0. The van der Waals surface area contributed by atoms with E-state index >= 15 is 0 Å². The molecule has 0 aliphatic carbocycles. The number of phenolic OH excluding ortho intramolecular Hbond substituents is 1. The smallest absolute Gasteiger partial charge is 0.335 e. The first-order valence-corrected chi connectivity index (χ1v) is 6.07. The molecule has 108 valence electrons. The second-order valence-corrected chi connectivity index (χ2v) is 4.35. The molecule has 0 atom stereocenters. The predicted molar refractivity (Wildman–Crippen MR) is 73.8 cm³/mol. The highest BCUT2D eigenvalue weighted by molar-refractivity contribution is 5.96. The Labute approximate surface area is 119 Å². The Morgan fingerprint density at radius 1 is 1.14 bits per heavy atom. The van der Waals surface area contributed by atoms with E-state index in [2.05, 4.69) is 5.32 Å². The molecule has 0 bridgehead atoms. The van der Waals surface area contributed by atoms with Crippen LogP contribution in [0.5, 0.6) is 5.75 Å². The van der Waals surface area contributed by atoms with Gasteiger partial charge in [0, 0.05) is 11.8 Å². The number of carboxylic acid groups (broad SMARTS) is 1. The molecule has 0 spiro atoms. The normalized spacial score (nSPS) is 10.1. The van der Waals surface area contributed by atoms with Crippen LogP contribution in [-0.4, -0.2) is 22.1 Å². The minimum atomic E-state index is -1.12. The molecule has 2 aromatic carbocycles. The molecule has 0 saturated carbocycles. The summed E-state index contributed by atoms with van der Waals surface area (Å²) >= 11 is 0. The number of phenols is 1. The third-order valence-corrected chi connectivity index (χ3v) is 2.83. The lowest BCUT2D eigenvalue weighted by Crippen LogP contribution is -2.16. The molecule has 3 N–H and O–H groups in total. The number of aromatic carboxylic acids is 1. The number of carbonyl (C=O) groups is 2. The van der Waals surface area contributed by atoms with Gasteiger partial charge in [-0.05, 0) is 23.8 Å². The van der Waals surface area contributed by atoms with Crippen LogP contribution in [0.2, 0.25) is 0 Å². The van der Waals surface area contributed by atoms with E-state index in [1.165, 1.54) is 12.1 Å². The summed E-state index contributed by atoms with van der Waals surface area (Å²) in [4.78, 5) is 22.9. The fourth-order valence-electron chi connectivity index (χ4n) is 1.85. The molecule has 0 aliphatic rings. The Morgan fingerprint density at radius 2 is 1.86 bits per heavy atom. The summed E-state index contributed by atoms with van der Waals surface area (Å²) in [5.74, 6) is -2.95. The fourth-order valence-corrected chi connectivity index (χ4v) is 1.85. The molecule has 0 radical (unpaired) electrons. The lowest BCUT2D eigenvalue weighted by atomic mass is 10.0. The van der Waals surface area contributed by atoms with Gasteiger partial charge in [0.2, 0.25) is 5.91 Å². The van der Waals surface area contributed by atoms with Crippen molar-refractivity contribution >= 4 is 17.6 Å². The first-order valence-electron chi connectivity index (χ1n) is 6.07. The quantitative estimate of drug-likeness (QED) is 0.754. The zero-order chi connectivity index (χ0) is 15.4. The third kappa shape index (κ3) is 3.56. The molecule has 0 unspecified atom stereocenters. The SMILES string of the molecule is O=C(Cc1ccccc1C(=O)O)Nc1ccc(O)c(F)c1. The summed E-state index contributed by atoms with van der Waals surface area (Å²) < 4.78 is 13.1. The Hall–Kier alpha value is -2.89. The van der Waals surface area contributed by atoms with Gasteiger partial charge in [0.1, 0.15) is 0 Å². The van der Waals surface area contributed by atoms with E-state index in [0.29, 0.717) is 5.56 Å². The molecular formula is C15H12FNO4. The van der Waals surface area contributed by atoms with Crippen LogP contribution in [0, 0.1) is 5.82 Å². The van der Waals surface area contributed by atoms with Gasteiger partial charge in [-0.25, -0.2) is 9.18 Å². The van der Waals surface area contributed by atoms with Crippen LogP contribution in [0.4, 0.5) is 10.1 Å². The number of hydrogen-bond donors (Lipinski definition) is 3. The van der Waals surface area contributed by atoms with Crippen molar-refractivity contribution in [3.8, 4) is 5.75 Å². The zero-order valence-corrected chi connectivity index (χ0v) is 10.8. The topological polar surface area (TPSA) is 86.6 Å². The Bertz CT molecular complexity index is 700. The first kappa shape index (κ1) is 14.5. The van der Waals surface area contributed by atoms with Crippen molar-refractivity contribution in [3.63, 3.8) is 0 Å². The van der Waals surface area contributed by atoms with E-state index in [1.54, 1.807) is 18.2 Å². The number of carbonyl (C=O) groups excluding carboxylic acids is 1. The van der Waals surface area contributed by atoms with Crippen molar-refractivity contribution in [2.75, 3.05) is 5.32 Å². The molecule has 21 heavy (non-hydrogen) atoms. The number of benzene rings is 2. The van der Waals surface area contributed by atoms with Crippen molar-refractivity contribution in [1.29, 1.82) is 0 Å². The number of nitrogens with one attached hydrogen (secondary N) is 1. The van der Waals surface area contributed by atoms with Crippen molar-refractivity contribution in [1.82, 2.24) is 0 Å². The van der Waals surface area contributed by atoms with Gasteiger partial charge in [0.25, 0.3) is 0 Å². The summed E-state index contributed by atoms with van der Waals surface area (Å²) in [6.45, 7) is 0.